The van der Waals surface area contributed by atoms with Crippen molar-refractivity contribution in [2.24, 2.45) is 0 Å². The Kier molecular flexibility index (Phi) is 5.81. The van der Waals surface area contributed by atoms with Gasteiger partial charge in [0.25, 0.3) is 0 Å². The third kappa shape index (κ3) is 7.49. The summed E-state index contributed by atoms with van der Waals surface area (Å²) in [6.07, 6.45) is 0.565. The van der Waals surface area contributed by atoms with Crippen LogP contribution in [0.4, 0.5) is 0 Å². The van der Waals surface area contributed by atoms with Crippen LogP contribution in [0.25, 0.3) is 0 Å². The van der Waals surface area contributed by atoms with E-state index >= 15 is 0 Å². The smallest absolute Gasteiger partial charge is 0.130 e. The number of halogens is 2. The van der Waals surface area contributed by atoms with Gasteiger partial charge in [-0.25, -0.2) is 0 Å². The fraction of sp³-hybridized carbons (Fsp3) is 1.00. The Morgan fingerprint density at radius 1 is 1.40 bits per heavy atom. The molecule has 0 N–H and O–H groups in total. The fourth-order valence-electron chi connectivity index (χ4n) is 0.784. The Hall–Kier alpha value is 1.38. The van der Waals surface area contributed by atoms with E-state index in [1.807, 2.05) is 0 Å². The van der Waals surface area contributed by atoms with Crippen LogP contribution in [-0.4, -0.2) is 44.9 Å². The van der Waals surface area contributed by atoms with Crippen LogP contribution in [0.5, 0.6) is 0 Å². The van der Waals surface area contributed by atoms with Crippen molar-refractivity contribution >= 4 is 37.2 Å². The Morgan fingerprint density at radius 2 is 1.80 bits per heavy atom. The summed E-state index contributed by atoms with van der Waals surface area (Å²) in [5.74, 6) is 0. The number of likely N-dealkylation sites (N-methyl/N-ethyl adjacent to an activating group) is 1. The number of epoxide rings is 1. The molecule has 4 heteroatoms. The first-order valence-corrected chi connectivity index (χ1v) is 9.43. The molecule has 0 spiro atoms. The molecule has 0 bridgehead atoms. The Balaban J connectivity index is 0.000000371. The minimum absolute atomic E-state index is 0.565. The van der Waals surface area contributed by atoms with Gasteiger partial charge in [-0.05, 0) is 0 Å². The molecular weight excluding hydrogens is 356 g/mol. The largest absolute Gasteiger partial charge is 0.367 e. The third-order valence-corrected chi connectivity index (χ3v) is 1.15. The predicted octanol–water partition coefficient (Wildman–Crippen LogP) is 1.86. The van der Waals surface area contributed by atoms with Gasteiger partial charge in [0, 0.05) is 37.2 Å². The van der Waals surface area contributed by atoms with E-state index in [1.165, 1.54) is 0 Å². The Morgan fingerprint density at radius 3 is 1.90 bits per heavy atom. The highest BCUT2D eigenvalue weighted by Crippen LogP contribution is 2.11. The molecular formula is C6H14I2NO+. The number of nitrogens with zero attached hydrogens (tertiary/aromatic N) is 1. The molecule has 0 aromatic rings. The van der Waals surface area contributed by atoms with Crippen molar-refractivity contribution in [1.82, 2.24) is 0 Å². The molecule has 0 aromatic carbocycles. The van der Waals surface area contributed by atoms with E-state index in [0.29, 0.717) is 6.10 Å². The van der Waals surface area contributed by atoms with E-state index in [0.717, 1.165) is 17.6 Å². The second-order valence-corrected chi connectivity index (χ2v) is 3.43. The monoisotopic (exact) mass is 370 g/mol. The summed E-state index contributed by atoms with van der Waals surface area (Å²) in [6, 6.07) is 0. The highest BCUT2D eigenvalue weighted by molar-refractivity contribution is 15.0. The summed E-state index contributed by atoms with van der Waals surface area (Å²) < 4.78 is 6.09. The first kappa shape index (κ1) is 11.4. The molecule has 0 aromatic heterocycles. The second-order valence-electron chi connectivity index (χ2n) is 3.43. The molecule has 62 valence electrons. The molecule has 0 saturated carbocycles. The van der Waals surface area contributed by atoms with Crippen molar-refractivity contribution in [2.45, 2.75) is 6.10 Å². The van der Waals surface area contributed by atoms with Gasteiger partial charge >= 0.3 is 0 Å². The highest BCUT2D eigenvalue weighted by atomic mass is 128. The zero-order valence-corrected chi connectivity index (χ0v) is 10.9. The standard InChI is InChI=1S/C6H14NO.I2/c1-7(2,3)4-6-5-8-6;1-2/h6H,4-5H2,1-3H3;/q+1;. The molecule has 1 atom stereocenters. The molecule has 0 radical (unpaired) electrons. The van der Waals surface area contributed by atoms with Gasteiger partial charge in [-0.2, -0.15) is 0 Å². The fourth-order valence-corrected chi connectivity index (χ4v) is 0.784. The summed E-state index contributed by atoms with van der Waals surface area (Å²) in [6.45, 7) is 2.13. The molecule has 1 aliphatic rings. The van der Waals surface area contributed by atoms with Crippen LogP contribution in [0.3, 0.4) is 0 Å². The SMILES string of the molecule is C[N+](C)(C)CC1CO1.II. The summed E-state index contributed by atoms with van der Waals surface area (Å²) in [7, 11) is 6.55. The Labute approximate surface area is 86.2 Å². The van der Waals surface area contributed by atoms with Crippen molar-refractivity contribution in [2.75, 3.05) is 34.3 Å². The summed E-state index contributed by atoms with van der Waals surface area (Å²) in [5.41, 5.74) is 0. The maximum absolute atomic E-state index is 5.07. The lowest BCUT2D eigenvalue weighted by Gasteiger charge is -2.22. The number of hydrogen-bond acceptors (Lipinski definition) is 1. The highest BCUT2D eigenvalue weighted by Gasteiger charge is 2.28. The van der Waals surface area contributed by atoms with Gasteiger partial charge in [-0.3, -0.25) is 0 Å². The lowest BCUT2D eigenvalue weighted by Crippen LogP contribution is -2.37. The molecule has 1 saturated heterocycles. The summed E-state index contributed by atoms with van der Waals surface area (Å²) in [5, 5.41) is 0. The zero-order chi connectivity index (χ0) is 8.20. The minimum Gasteiger partial charge on any atom is -0.367 e. The molecule has 1 heterocycles. The third-order valence-electron chi connectivity index (χ3n) is 1.15. The van der Waals surface area contributed by atoms with E-state index in [9.17, 15) is 0 Å². The first-order chi connectivity index (χ1) is 4.58. The Bertz CT molecular complexity index is 88.2. The van der Waals surface area contributed by atoms with Crippen LogP contribution in [0.1, 0.15) is 0 Å². The van der Waals surface area contributed by atoms with Crippen LogP contribution in [0.2, 0.25) is 0 Å². The van der Waals surface area contributed by atoms with Crippen LogP contribution in [0, 0.1) is 0 Å². The van der Waals surface area contributed by atoms with Crippen molar-refractivity contribution in [3.63, 3.8) is 0 Å². The molecule has 0 amide bonds. The van der Waals surface area contributed by atoms with E-state index in [4.69, 9.17) is 4.74 Å². The van der Waals surface area contributed by atoms with E-state index in [-0.39, 0.29) is 0 Å². The van der Waals surface area contributed by atoms with Gasteiger partial charge in [-0.15, -0.1) is 0 Å². The second kappa shape index (κ2) is 5.10. The molecule has 0 aliphatic carbocycles. The van der Waals surface area contributed by atoms with Crippen molar-refractivity contribution in [3.05, 3.63) is 0 Å². The topological polar surface area (TPSA) is 12.5 Å². The molecule has 2 nitrogen and oxygen atoms in total. The number of hydrogen-bond donors (Lipinski definition) is 0. The maximum Gasteiger partial charge on any atom is 0.130 e. The van der Waals surface area contributed by atoms with Gasteiger partial charge in [-0.1, -0.05) is 0 Å². The van der Waals surface area contributed by atoms with Crippen LogP contribution in [0.15, 0.2) is 0 Å². The number of quaternary nitrogens is 1. The van der Waals surface area contributed by atoms with E-state index in [1.54, 1.807) is 0 Å². The first-order valence-electron chi connectivity index (χ1n) is 3.14. The van der Waals surface area contributed by atoms with Crippen LogP contribution < -0.4 is 0 Å². The average molecular weight is 370 g/mol. The van der Waals surface area contributed by atoms with Crippen molar-refractivity contribution in [1.29, 1.82) is 0 Å². The number of rotatable bonds is 2. The van der Waals surface area contributed by atoms with E-state index in [2.05, 4.69) is 58.4 Å². The maximum atomic E-state index is 5.07. The van der Waals surface area contributed by atoms with Crippen molar-refractivity contribution < 1.29 is 9.22 Å². The normalized spacial score (nSPS) is 23.1. The summed E-state index contributed by atoms with van der Waals surface area (Å²) >= 11 is 4.24. The van der Waals surface area contributed by atoms with Gasteiger partial charge in [0.05, 0.1) is 27.7 Å². The van der Waals surface area contributed by atoms with E-state index < -0.39 is 0 Å². The molecule has 1 rings (SSSR count). The quantitative estimate of drug-likeness (QED) is 0.411. The van der Waals surface area contributed by atoms with Crippen LogP contribution >= 0.6 is 37.2 Å². The van der Waals surface area contributed by atoms with Crippen LogP contribution in [-0.2, 0) is 4.74 Å². The van der Waals surface area contributed by atoms with Gasteiger partial charge < -0.3 is 9.22 Å². The summed E-state index contributed by atoms with van der Waals surface area (Å²) in [4.78, 5) is 0. The predicted molar refractivity (Wildman–Crippen MR) is 60.7 cm³/mol. The lowest BCUT2D eigenvalue weighted by atomic mass is 10.4. The molecule has 1 fully saturated rings. The average Bonchev–Trinajstić information content (AvgIpc) is 2.52. The molecule has 1 unspecified atom stereocenters. The number of ether oxygens (including phenoxy) is 1. The van der Waals surface area contributed by atoms with Crippen molar-refractivity contribution in [3.8, 4) is 0 Å². The van der Waals surface area contributed by atoms with Gasteiger partial charge in [0.2, 0.25) is 0 Å². The van der Waals surface area contributed by atoms with Gasteiger partial charge in [0.15, 0.2) is 0 Å². The van der Waals surface area contributed by atoms with Gasteiger partial charge in [0.1, 0.15) is 12.6 Å². The molecule has 1 aliphatic heterocycles. The minimum atomic E-state index is 0.565. The molecule has 10 heavy (non-hydrogen) atoms. The lowest BCUT2D eigenvalue weighted by molar-refractivity contribution is -0.870. The zero-order valence-electron chi connectivity index (χ0n) is 6.60.